The van der Waals surface area contributed by atoms with Gasteiger partial charge in [0.15, 0.2) is 11.6 Å². The van der Waals surface area contributed by atoms with E-state index in [1.165, 1.54) is 12.8 Å². The molecule has 0 amide bonds. The van der Waals surface area contributed by atoms with Crippen molar-refractivity contribution < 1.29 is 4.39 Å². The zero-order chi connectivity index (χ0) is 13.0. The number of halogens is 1. The molecule has 2 rings (SSSR count). The summed E-state index contributed by atoms with van der Waals surface area (Å²) in [7, 11) is 1.96. The van der Waals surface area contributed by atoms with Crippen molar-refractivity contribution in [2.75, 3.05) is 18.5 Å². The van der Waals surface area contributed by atoms with Gasteiger partial charge < -0.3 is 10.2 Å². The minimum absolute atomic E-state index is 0.173. The Labute approximate surface area is 108 Å². The second kappa shape index (κ2) is 6.14. The normalized spacial score (nSPS) is 16.2. The average molecular weight is 251 g/mol. The second-order valence-corrected chi connectivity index (χ2v) is 4.94. The molecule has 1 aromatic rings. The SMILES string of the molecule is CCNCc1ccnc(N(C)C2CCCC2)c1F. The van der Waals surface area contributed by atoms with Crippen LogP contribution in [0.5, 0.6) is 0 Å². The standard InChI is InChI=1S/C14H22FN3/c1-3-16-10-11-8-9-17-14(13(11)15)18(2)12-6-4-5-7-12/h8-9,12,16H,3-7,10H2,1-2H3. The maximum absolute atomic E-state index is 14.4. The molecule has 1 heterocycles. The van der Waals surface area contributed by atoms with Crippen LogP contribution in [0.4, 0.5) is 10.2 Å². The Morgan fingerprint density at radius 3 is 2.83 bits per heavy atom. The highest BCUT2D eigenvalue weighted by atomic mass is 19.1. The molecule has 100 valence electrons. The summed E-state index contributed by atoms with van der Waals surface area (Å²) in [6, 6.07) is 2.20. The summed E-state index contributed by atoms with van der Waals surface area (Å²) >= 11 is 0. The smallest absolute Gasteiger partial charge is 0.170 e. The van der Waals surface area contributed by atoms with E-state index in [1.54, 1.807) is 12.3 Å². The number of pyridine rings is 1. The summed E-state index contributed by atoms with van der Waals surface area (Å²) in [5.74, 6) is 0.324. The first-order valence-electron chi connectivity index (χ1n) is 6.81. The average Bonchev–Trinajstić information content (AvgIpc) is 2.91. The van der Waals surface area contributed by atoms with Gasteiger partial charge in [-0.1, -0.05) is 19.8 Å². The molecule has 0 atom stereocenters. The molecule has 0 aliphatic heterocycles. The van der Waals surface area contributed by atoms with Gasteiger partial charge in [0.2, 0.25) is 0 Å². The lowest BCUT2D eigenvalue weighted by molar-refractivity contribution is 0.565. The number of hydrogen-bond acceptors (Lipinski definition) is 3. The molecule has 1 aromatic heterocycles. The van der Waals surface area contributed by atoms with E-state index in [9.17, 15) is 4.39 Å². The van der Waals surface area contributed by atoms with Gasteiger partial charge in [0.1, 0.15) is 0 Å². The topological polar surface area (TPSA) is 28.2 Å². The first-order chi connectivity index (χ1) is 8.74. The summed E-state index contributed by atoms with van der Waals surface area (Å²) in [4.78, 5) is 6.23. The molecule has 0 unspecified atom stereocenters. The van der Waals surface area contributed by atoms with E-state index in [4.69, 9.17) is 0 Å². The van der Waals surface area contributed by atoms with Crippen LogP contribution < -0.4 is 10.2 Å². The van der Waals surface area contributed by atoms with E-state index in [2.05, 4.69) is 10.3 Å². The van der Waals surface area contributed by atoms with E-state index in [-0.39, 0.29) is 5.82 Å². The van der Waals surface area contributed by atoms with Crippen molar-refractivity contribution in [3.63, 3.8) is 0 Å². The predicted molar refractivity (Wildman–Crippen MR) is 72.2 cm³/mol. The van der Waals surface area contributed by atoms with E-state index in [0.717, 1.165) is 19.4 Å². The Hall–Kier alpha value is -1.16. The van der Waals surface area contributed by atoms with Gasteiger partial charge in [0.25, 0.3) is 0 Å². The van der Waals surface area contributed by atoms with Crippen molar-refractivity contribution in [3.05, 3.63) is 23.6 Å². The van der Waals surface area contributed by atoms with Crippen molar-refractivity contribution in [1.29, 1.82) is 0 Å². The fraction of sp³-hybridized carbons (Fsp3) is 0.643. The summed E-state index contributed by atoms with van der Waals surface area (Å²) in [6.07, 6.45) is 6.49. The number of hydrogen-bond donors (Lipinski definition) is 1. The first kappa shape index (κ1) is 13.3. The van der Waals surface area contributed by atoms with Gasteiger partial charge in [-0.3, -0.25) is 0 Å². The third kappa shape index (κ3) is 2.80. The first-order valence-corrected chi connectivity index (χ1v) is 6.81. The molecule has 0 radical (unpaired) electrons. The monoisotopic (exact) mass is 251 g/mol. The summed E-state index contributed by atoms with van der Waals surface area (Å²) < 4.78 is 14.4. The van der Waals surface area contributed by atoms with Gasteiger partial charge in [0, 0.05) is 31.4 Å². The van der Waals surface area contributed by atoms with Crippen molar-refractivity contribution in [1.82, 2.24) is 10.3 Å². The minimum Gasteiger partial charge on any atom is -0.354 e. The van der Waals surface area contributed by atoms with Gasteiger partial charge in [-0.2, -0.15) is 0 Å². The molecular weight excluding hydrogens is 229 g/mol. The van der Waals surface area contributed by atoms with Crippen molar-refractivity contribution in [3.8, 4) is 0 Å². The van der Waals surface area contributed by atoms with Crippen molar-refractivity contribution in [2.45, 2.75) is 45.2 Å². The zero-order valence-electron chi connectivity index (χ0n) is 11.2. The van der Waals surface area contributed by atoms with Gasteiger partial charge in [0.05, 0.1) is 0 Å². The summed E-state index contributed by atoms with van der Waals surface area (Å²) in [6.45, 7) is 3.43. The van der Waals surface area contributed by atoms with Gasteiger partial charge in [-0.25, -0.2) is 9.37 Å². The Morgan fingerprint density at radius 1 is 1.44 bits per heavy atom. The van der Waals surface area contributed by atoms with E-state index >= 15 is 0 Å². The Kier molecular flexibility index (Phi) is 4.53. The highest BCUT2D eigenvalue weighted by Gasteiger charge is 2.23. The van der Waals surface area contributed by atoms with Gasteiger partial charge in [-0.05, 0) is 25.5 Å². The van der Waals surface area contributed by atoms with Crippen LogP contribution in [0, 0.1) is 5.82 Å². The van der Waals surface area contributed by atoms with Crippen LogP contribution in [-0.4, -0.2) is 24.6 Å². The van der Waals surface area contributed by atoms with Crippen LogP contribution in [0.2, 0.25) is 0 Å². The summed E-state index contributed by atoms with van der Waals surface area (Å²) in [5.41, 5.74) is 0.701. The molecule has 18 heavy (non-hydrogen) atoms. The van der Waals surface area contributed by atoms with Crippen molar-refractivity contribution >= 4 is 5.82 Å². The van der Waals surface area contributed by atoms with Crippen molar-refractivity contribution in [2.24, 2.45) is 0 Å². The Morgan fingerprint density at radius 2 is 2.17 bits per heavy atom. The van der Waals surface area contributed by atoms with E-state index < -0.39 is 0 Å². The lowest BCUT2D eigenvalue weighted by Crippen LogP contribution is -2.31. The highest BCUT2D eigenvalue weighted by Crippen LogP contribution is 2.28. The second-order valence-electron chi connectivity index (χ2n) is 4.94. The molecule has 0 aromatic carbocycles. The van der Waals surface area contributed by atoms with Gasteiger partial charge in [-0.15, -0.1) is 0 Å². The molecule has 1 N–H and O–H groups in total. The highest BCUT2D eigenvalue weighted by molar-refractivity contribution is 5.43. The number of aromatic nitrogens is 1. The molecule has 0 saturated heterocycles. The van der Waals surface area contributed by atoms with Gasteiger partial charge >= 0.3 is 0 Å². The zero-order valence-corrected chi connectivity index (χ0v) is 11.2. The Bertz CT molecular complexity index is 389. The number of rotatable bonds is 5. The Balaban J connectivity index is 2.16. The molecule has 1 aliphatic carbocycles. The maximum atomic E-state index is 14.4. The number of anilines is 1. The lowest BCUT2D eigenvalue weighted by Gasteiger charge is -2.26. The summed E-state index contributed by atoms with van der Waals surface area (Å²) in [5, 5.41) is 3.15. The predicted octanol–water partition coefficient (Wildman–Crippen LogP) is 2.71. The van der Waals surface area contributed by atoms with Crippen LogP contribution >= 0.6 is 0 Å². The molecule has 1 fully saturated rings. The van der Waals surface area contributed by atoms with Crippen LogP contribution in [0.3, 0.4) is 0 Å². The van der Waals surface area contributed by atoms with Crippen LogP contribution in [0.1, 0.15) is 38.2 Å². The number of nitrogens with one attached hydrogen (secondary N) is 1. The molecular formula is C14H22FN3. The quantitative estimate of drug-likeness (QED) is 0.872. The molecule has 0 spiro atoms. The molecule has 0 bridgehead atoms. The minimum atomic E-state index is -0.173. The molecule has 3 nitrogen and oxygen atoms in total. The van der Waals surface area contributed by atoms with E-state index in [0.29, 0.717) is 24.0 Å². The third-order valence-corrected chi connectivity index (χ3v) is 3.72. The van der Waals surface area contributed by atoms with Crippen LogP contribution in [0.15, 0.2) is 12.3 Å². The fourth-order valence-electron chi connectivity index (χ4n) is 2.58. The maximum Gasteiger partial charge on any atom is 0.170 e. The largest absolute Gasteiger partial charge is 0.354 e. The van der Waals surface area contributed by atoms with Crippen LogP contribution in [0.25, 0.3) is 0 Å². The van der Waals surface area contributed by atoms with Crippen LogP contribution in [-0.2, 0) is 6.54 Å². The molecule has 4 heteroatoms. The lowest BCUT2D eigenvalue weighted by atomic mass is 10.2. The van der Waals surface area contributed by atoms with E-state index in [1.807, 2.05) is 18.9 Å². The fourth-order valence-corrected chi connectivity index (χ4v) is 2.58. The molecule has 1 saturated carbocycles. The molecule has 1 aliphatic rings. The third-order valence-electron chi connectivity index (χ3n) is 3.72. The number of nitrogens with zero attached hydrogens (tertiary/aromatic N) is 2.